The molecule has 0 spiro atoms. The molecule has 0 fully saturated rings. The van der Waals surface area contributed by atoms with Crippen LogP contribution in [0.25, 0.3) is 0 Å². The summed E-state index contributed by atoms with van der Waals surface area (Å²) < 4.78 is 0. The molecule has 72 valence electrons. The molecule has 0 radical (unpaired) electrons. The molecule has 2 nitrogen and oxygen atoms in total. The van der Waals surface area contributed by atoms with Crippen LogP contribution in [0.4, 0.5) is 0 Å². The fourth-order valence-corrected chi connectivity index (χ4v) is 2.06. The Kier molecular flexibility index (Phi) is 2.03. The van der Waals surface area contributed by atoms with Crippen LogP contribution in [0.3, 0.4) is 0 Å². The van der Waals surface area contributed by atoms with Crippen molar-refractivity contribution in [2.75, 3.05) is 6.61 Å². The number of hydrogen-bond donors (Lipinski definition) is 1. The fraction of sp³-hybridized carbons (Fsp3) is 0.333. The largest absolute Gasteiger partial charge is 0.391 e. The Morgan fingerprint density at radius 2 is 2.29 bits per heavy atom. The molecular weight excluding hydrogens is 176 g/mol. The maximum absolute atomic E-state index is 11.5. The first-order chi connectivity index (χ1) is 6.69. The van der Waals surface area contributed by atoms with E-state index >= 15 is 0 Å². The van der Waals surface area contributed by atoms with E-state index in [4.69, 9.17) is 5.11 Å². The minimum atomic E-state index is -0.0409. The summed E-state index contributed by atoms with van der Waals surface area (Å²) in [6.45, 7) is 3.72. The quantitative estimate of drug-likeness (QED) is 0.636. The van der Waals surface area contributed by atoms with Crippen molar-refractivity contribution >= 4 is 5.78 Å². The van der Waals surface area contributed by atoms with Crippen molar-refractivity contribution in [1.29, 1.82) is 0 Å². The van der Waals surface area contributed by atoms with E-state index in [0.717, 1.165) is 27.9 Å². The van der Waals surface area contributed by atoms with Gasteiger partial charge in [-0.25, -0.2) is 0 Å². The Labute approximate surface area is 82.9 Å². The van der Waals surface area contributed by atoms with Crippen LogP contribution in [0, 0.1) is 0 Å². The molecule has 2 bridgehead atoms. The van der Waals surface area contributed by atoms with E-state index in [1.807, 2.05) is 19.9 Å². The Hall–Kier alpha value is -1.37. The van der Waals surface area contributed by atoms with Crippen molar-refractivity contribution in [3.05, 3.63) is 39.7 Å². The number of carbonyl (C=O) groups excluding carboxylic acids is 1. The van der Waals surface area contributed by atoms with Gasteiger partial charge in [0, 0.05) is 28.7 Å². The zero-order valence-electron chi connectivity index (χ0n) is 8.35. The summed E-state index contributed by atoms with van der Waals surface area (Å²) in [6, 6.07) is 0. The second-order valence-corrected chi connectivity index (χ2v) is 3.54. The highest BCUT2D eigenvalue weighted by molar-refractivity contribution is 6.03. The summed E-state index contributed by atoms with van der Waals surface area (Å²) in [5, 5.41) is 9.14. The van der Waals surface area contributed by atoms with Crippen LogP contribution in [0.1, 0.15) is 20.3 Å². The topological polar surface area (TPSA) is 37.3 Å². The lowest BCUT2D eigenvalue weighted by atomic mass is 9.85. The van der Waals surface area contributed by atoms with Gasteiger partial charge in [-0.2, -0.15) is 0 Å². The van der Waals surface area contributed by atoms with E-state index in [1.165, 1.54) is 0 Å². The SMILES string of the molecule is C/C=C1\C2=C=C(CO)C1=C(C)C(=O)C2. The number of ketones is 1. The number of aliphatic hydroxyl groups is 1. The average molecular weight is 188 g/mol. The zero-order chi connectivity index (χ0) is 10.3. The van der Waals surface area contributed by atoms with Gasteiger partial charge in [0.2, 0.25) is 0 Å². The maximum Gasteiger partial charge on any atom is 0.164 e. The monoisotopic (exact) mass is 188 g/mol. The number of allylic oxidation sites excluding steroid dienone is 3. The second kappa shape index (κ2) is 3.09. The molecule has 0 aliphatic heterocycles. The molecular formula is C12H12O2. The Morgan fingerprint density at radius 3 is 2.86 bits per heavy atom. The van der Waals surface area contributed by atoms with Crippen molar-refractivity contribution in [3.63, 3.8) is 0 Å². The number of fused-ring (bicyclic) bond motifs is 2. The normalized spacial score (nSPS) is 23.1. The molecule has 2 rings (SSSR count). The molecule has 2 heteroatoms. The molecule has 0 aromatic heterocycles. The number of carbonyl (C=O) groups is 1. The Morgan fingerprint density at radius 1 is 1.57 bits per heavy atom. The molecule has 0 saturated carbocycles. The van der Waals surface area contributed by atoms with Crippen molar-refractivity contribution in [2.45, 2.75) is 20.3 Å². The molecule has 14 heavy (non-hydrogen) atoms. The van der Waals surface area contributed by atoms with E-state index in [-0.39, 0.29) is 12.4 Å². The van der Waals surface area contributed by atoms with Crippen LogP contribution < -0.4 is 0 Å². The van der Waals surface area contributed by atoms with E-state index in [1.54, 1.807) is 0 Å². The van der Waals surface area contributed by atoms with E-state index in [2.05, 4.69) is 5.73 Å². The maximum atomic E-state index is 11.5. The predicted octanol–water partition coefficient (Wildman–Crippen LogP) is 1.68. The predicted molar refractivity (Wildman–Crippen MR) is 53.7 cm³/mol. The van der Waals surface area contributed by atoms with Gasteiger partial charge >= 0.3 is 0 Å². The van der Waals surface area contributed by atoms with Gasteiger partial charge in [-0.3, -0.25) is 4.79 Å². The third kappa shape index (κ3) is 1.05. The molecule has 0 saturated heterocycles. The second-order valence-electron chi connectivity index (χ2n) is 3.54. The molecule has 0 aromatic carbocycles. The first-order valence-corrected chi connectivity index (χ1v) is 4.70. The smallest absolute Gasteiger partial charge is 0.164 e. The molecule has 2 aliphatic carbocycles. The van der Waals surface area contributed by atoms with Gasteiger partial charge in [0.1, 0.15) is 0 Å². The standard InChI is InChI=1S/C12H12O2/c1-3-10-8-4-9(6-13)12(10)7(2)11(14)5-8/h3,13H,5-6H2,1-2H3/b10-3+. The summed E-state index contributed by atoms with van der Waals surface area (Å²) in [6.07, 6.45) is 2.41. The highest BCUT2D eigenvalue weighted by Crippen LogP contribution is 2.39. The molecule has 0 heterocycles. The van der Waals surface area contributed by atoms with Gasteiger partial charge < -0.3 is 5.11 Å². The van der Waals surface area contributed by atoms with Crippen LogP contribution in [-0.2, 0) is 4.79 Å². The third-order valence-corrected chi connectivity index (χ3v) is 2.78. The van der Waals surface area contributed by atoms with Gasteiger partial charge in [0.05, 0.1) is 6.61 Å². The highest BCUT2D eigenvalue weighted by Gasteiger charge is 2.30. The van der Waals surface area contributed by atoms with Crippen LogP contribution >= 0.6 is 0 Å². The van der Waals surface area contributed by atoms with Gasteiger partial charge in [-0.05, 0) is 19.4 Å². The summed E-state index contributed by atoms with van der Waals surface area (Å²) in [5.74, 6) is 0.150. The zero-order valence-corrected chi connectivity index (χ0v) is 8.35. The lowest BCUT2D eigenvalue weighted by molar-refractivity contribution is -0.115. The van der Waals surface area contributed by atoms with Crippen LogP contribution in [-0.4, -0.2) is 17.5 Å². The third-order valence-electron chi connectivity index (χ3n) is 2.78. The fourth-order valence-electron chi connectivity index (χ4n) is 2.06. The Bertz CT molecular complexity index is 439. The number of hydrogen-bond acceptors (Lipinski definition) is 2. The van der Waals surface area contributed by atoms with Crippen molar-refractivity contribution in [1.82, 2.24) is 0 Å². The first kappa shape index (κ1) is 9.20. The van der Waals surface area contributed by atoms with Crippen LogP contribution in [0.15, 0.2) is 39.7 Å². The van der Waals surface area contributed by atoms with Gasteiger partial charge in [-0.15, -0.1) is 5.73 Å². The van der Waals surface area contributed by atoms with Gasteiger partial charge in [0.25, 0.3) is 0 Å². The van der Waals surface area contributed by atoms with Crippen molar-refractivity contribution in [3.8, 4) is 0 Å². The lowest BCUT2D eigenvalue weighted by Gasteiger charge is -2.17. The molecule has 0 amide bonds. The molecule has 0 atom stereocenters. The van der Waals surface area contributed by atoms with Crippen LogP contribution in [0.2, 0.25) is 0 Å². The van der Waals surface area contributed by atoms with Crippen molar-refractivity contribution < 1.29 is 9.90 Å². The highest BCUT2D eigenvalue weighted by atomic mass is 16.3. The molecule has 0 aromatic rings. The minimum Gasteiger partial charge on any atom is -0.391 e. The summed E-state index contributed by atoms with van der Waals surface area (Å²) >= 11 is 0. The average Bonchev–Trinajstić information content (AvgIpc) is 2.47. The van der Waals surface area contributed by atoms with E-state index in [9.17, 15) is 4.79 Å². The Balaban J connectivity index is 2.68. The number of Topliss-reactive ketones (excluding diaryl/α,β-unsaturated/α-hetero) is 1. The number of aliphatic hydroxyl groups excluding tert-OH is 1. The van der Waals surface area contributed by atoms with E-state index in [0.29, 0.717) is 6.42 Å². The molecule has 2 aliphatic rings. The summed E-state index contributed by atoms with van der Waals surface area (Å²) in [4.78, 5) is 11.5. The van der Waals surface area contributed by atoms with Gasteiger partial charge in [0.15, 0.2) is 5.78 Å². The number of rotatable bonds is 1. The van der Waals surface area contributed by atoms with E-state index < -0.39 is 0 Å². The summed E-state index contributed by atoms with van der Waals surface area (Å²) in [7, 11) is 0. The minimum absolute atomic E-state index is 0.0409. The first-order valence-electron chi connectivity index (χ1n) is 4.70. The lowest BCUT2D eigenvalue weighted by Crippen LogP contribution is -2.12. The van der Waals surface area contributed by atoms with Crippen LogP contribution in [0.5, 0.6) is 0 Å². The molecule has 0 unspecified atom stereocenters. The molecule has 1 N–H and O–H groups in total. The van der Waals surface area contributed by atoms with Gasteiger partial charge in [-0.1, -0.05) is 6.08 Å². The van der Waals surface area contributed by atoms with Crippen molar-refractivity contribution in [2.24, 2.45) is 0 Å². The summed E-state index contributed by atoms with van der Waals surface area (Å²) in [5.41, 5.74) is 7.53.